The molecule has 2 unspecified atom stereocenters. The van der Waals surface area contributed by atoms with Gasteiger partial charge in [-0.3, -0.25) is 4.79 Å². The van der Waals surface area contributed by atoms with Crippen LogP contribution in [0.15, 0.2) is 0 Å². The molecule has 3 heteroatoms. The van der Waals surface area contributed by atoms with E-state index >= 15 is 0 Å². The number of nitrogens with one attached hydrogen (secondary N) is 1. The van der Waals surface area contributed by atoms with Crippen LogP contribution in [0.25, 0.3) is 0 Å². The summed E-state index contributed by atoms with van der Waals surface area (Å²) in [6.07, 6.45) is 11.4. The van der Waals surface area contributed by atoms with Gasteiger partial charge in [-0.25, -0.2) is 0 Å². The molecule has 1 heterocycles. The smallest absolute Gasteiger partial charge is 0.239 e. The fourth-order valence-electron chi connectivity index (χ4n) is 3.02. The predicted octanol–water partition coefficient (Wildman–Crippen LogP) is 3.73. The number of hydrogen-bond acceptors (Lipinski definition) is 2. The number of likely N-dealkylation sites (tertiary alicyclic amines) is 1. The van der Waals surface area contributed by atoms with Crippen LogP contribution in [0.5, 0.6) is 0 Å². The zero-order valence-electron chi connectivity index (χ0n) is 13.8. The third-order valence-electron chi connectivity index (χ3n) is 4.31. The van der Waals surface area contributed by atoms with Crippen LogP contribution in [0.4, 0.5) is 0 Å². The van der Waals surface area contributed by atoms with Crippen LogP contribution in [0, 0.1) is 0 Å². The van der Waals surface area contributed by atoms with E-state index in [4.69, 9.17) is 0 Å². The van der Waals surface area contributed by atoms with Crippen molar-refractivity contribution in [1.29, 1.82) is 0 Å². The quantitative estimate of drug-likeness (QED) is 0.654. The van der Waals surface area contributed by atoms with Crippen molar-refractivity contribution in [2.75, 3.05) is 13.1 Å². The van der Waals surface area contributed by atoms with Crippen LogP contribution < -0.4 is 5.32 Å². The van der Waals surface area contributed by atoms with Gasteiger partial charge in [0.05, 0.1) is 6.04 Å². The highest BCUT2D eigenvalue weighted by Gasteiger charge is 2.22. The number of nitrogens with zero attached hydrogens (tertiary/aromatic N) is 1. The molecule has 1 amide bonds. The minimum absolute atomic E-state index is 0.0289. The Labute approximate surface area is 125 Å². The van der Waals surface area contributed by atoms with Crippen molar-refractivity contribution in [3.8, 4) is 0 Å². The summed E-state index contributed by atoms with van der Waals surface area (Å²) in [6.45, 7) is 8.38. The maximum absolute atomic E-state index is 12.3. The van der Waals surface area contributed by atoms with Crippen molar-refractivity contribution in [2.24, 2.45) is 0 Å². The number of unbranched alkanes of at least 4 members (excludes halogenated alkanes) is 4. The largest absolute Gasteiger partial charge is 0.341 e. The molecule has 1 rings (SSSR count). The summed E-state index contributed by atoms with van der Waals surface area (Å²) in [5.41, 5.74) is 0. The Morgan fingerprint density at radius 3 is 2.35 bits per heavy atom. The zero-order valence-corrected chi connectivity index (χ0v) is 13.8. The van der Waals surface area contributed by atoms with Crippen molar-refractivity contribution in [3.05, 3.63) is 0 Å². The SMILES string of the molecule is CCCCCCCC(C)NC(C)C(=O)N1CCCCC1. The number of hydrogen-bond donors (Lipinski definition) is 1. The van der Waals surface area contributed by atoms with Crippen LogP contribution in [0.2, 0.25) is 0 Å². The molecule has 0 saturated carbocycles. The van der Waals surface area contributed by atoms with Crippen LogP contribution in [0.1, 0.15) is 78.6 Å². The van der Waals surface area contributed by atoms with E-state index in [1.807, 2.05) is 11.8 Å². The molecule has 2 atom stereocenters. The molecular weight excluding hydrogens is 248 g/mol. The van der Waals surface area contributed by atoms with Crippen LogP contribution in [0.3, 0.4) is 0 Å². The molecule has 118 valence electrons. The van der Waals surface area contributed by atoms with E-state index in [0.29, 0.717) is 11.9 Å². The standard InChI is InChI=1S/C17H34N2O/c1-4-5-6-7-9-12-15(2)18-16(3)17(20)19-13-10-8-11-14-19/h15-16,18H,4-14H2,1-3H3. The van der Waals surface area contributed by atoms with E-state index in [2.05, 4.69) is 19.2 Å². The molecular formula is C17H34N2O. The highest BCUT2D eigenvalue weighted by atomic mass is 16.2. The Morgan fingerprint density at radius 2 is 1.70 bits per heavy atom. The Morgan fingerprint density at radius 1 is 1.05 bits per heavy atom. The summed E-state index contributed by atoms with van der Waals surface area (Å²) in [5, 5.41) is 3.48. The summed E-state index contributed by atoms with van der Waals surface area (Å²) in [6, 6.07) is 0.416. The molecule has 20 heavy (non-hydrogen) atoms. The van der Waals surface area contributed by atoms with Gasteiger partial charge in [0.2, 0.25) is 5.91 Å². The Bertz CT molecular complexity index is 262. The Hall–Kier alpha value is -0.570. The van der Waals surface area contributed by atoms with Crippen molar-refractivity contribution >= 4 is 5.91 Å². The second-order valence-electron chi connectivity index (χ2n) is 6.38. The van der Waals surface area contributed by atoms with Gasteiger partial charge in [-0.1, -0.05) is 39.0 Å². The fraction of sp³-hybridized carbons (Fsp3) is 0.941. The molecule has 1 aliphatic rings. The molecule has 0 aromatic heterocycles. The summed E-state index contributed by atoms with van der Waals surface area (Å²) in [7, 11) is 0. The fourth-order valence-corrected chi connectivity index (χ4v) is 3.02. The number of carbonyl (C=O) groups excluding carboxylic acids is 1. The molecule has 1 N–H and O–H groups in total. The molecule has 1 saturated heterocycles. The molecule has 1 fully saturated rings. The Balaban J connectivity index is 2.16. The highest BCUT2D eigenvalue weighted by molar-refractivity contribution is 5.81. The first-order valence-electron chi connectivity index (χ1n) is 8.70. The van der Waals surface area contributed by atoms with Gasteiger partial charge in [-0.2, -0.15) is 0 Å². The monoisotopic (exact) mass is 282 g/mol. The van der Waals surface area contributed by atoms with E-state index in [1.54, 1.807) is 0 Å². The minimum Gasteiger partial charge on any atom is -0.341 e. The van der Waals surface area contributed by atoms with E-state index in [9.17, 15) is 4.79 Å². The maximum atomic E-state index is 12.3. The van der Waals surface area contributed by atoms with Crippen molar-refractivity contribution in [1.82, 2.24) is 10.2 Å². The summed E-state index contributed by atoms with van der Waals surface area (Å²) < 4.78 is 0. The molecule has 0 aliphatic carbocycles. The molecule has 0 aromatic carbocycles. The topological polar surface area (TPSA) is 32.3 Å². The van der Waals surface area contributed by atoms with E-state index in [-0.39, 0.29) is 6.04 Å². The molecule has 0 radical (unpaired) electrons. The lowest BCUT2D eigenvalue weighted by atomic mass is 10.1. The normalized spacial score (nSPS) is 18.9. The van der Waals surface area contributed by atoms with Gasteiger partial charge in [0, 0.05) is 19.1 Å². The van der Waals surface area contributed by atoms with E-state index < -0.39 is 0 Å². The molecule has 0 bridgehead atoms. The first-order chi connectivity index (χ1) is 9.65. The average Bonchev–Trinajstić information content (AvgIpc) is 2.47. The molecule has 0 aromatic rings. The number of rotatable bonds is 9. The van der Waals surface area contributed by atoms with Crippen molar-refractivity contribution in [3.63, 3.8) is 0 Å². The lowest BCUT2D eigenvalue weighted by Crippen LogP contribution is -2.49. The van der Waals surface area contributed by atoms with Gasteiger partial charge in [0.1, 0.15) is 0 Å². The van der Waals surface area contributed by atoms with Crippen LogP contribution in [-0.4, -0.2) is 36.0 Å². The van der Waals surface area contributed by atoms with Crippen molar-refractivity contribution < 1.29 is 4.79 Å². The van der Waals surface area contributed by atoms with E-state index in [0.717, 1.165) is 13.1 Å². The first-order valence-corrected chi connectivity index (χ1v) is 8.70. The Kier molecular flexibility index (Phi) is 8.92. The second-order valence-corrected chi connectivity index (χ2v) is 6.38. The lowest BCUT2D eigenvalue weighted by Gasteiger charge is -2.30. The minimum atomic E-state index is -0.0289. The molecule has 3 nitrogen and oxygen atoms in total. The summed E-state index contributed by atoms with van der Waals surface area (Å²) in [5.74, 6) is 0.294. The number of piperidine rings is 1. The number of carbonyl (C=O) groups is 1. The van der Waals surface area contributed by atoms with Gasteiger partial charge in [0.25, 0.3) is 0 Å². The highest BCUT2D eigenvalue weighted by Crippen LogP contribution is 2.11. The zero-order chi connectivity index (χ0) is 14.8. The first kappa shape index (κ1) is 17.5. The third-order valence-corrected chi connectivity index (χ3v) is 4.31. The summed E-state index contributed by atoms with van der Waals surface area (Å²) >= 11 is 0. The van der Waals surface area contributed by atoms with Gasteiger partial charge >= 0.3 is 0 Å². The second kappa shape index (κ2) is 10.2. The van der Waals surface area contributed by atoms with Crippen LogP contribution in [-0.2, 0) is 4.79 Å². The lowest BCUT2D eigenvalue weighted by molar-refractivity contribution is -0.134. The van der Waals surface area contributed by atoms with E-state index in [1.165, 1.54) is 57.8 Å². The molecule has 0 spiro atoms. The van der Waals surface area contributed by atoms with Crippen molar-refractivity contribution in [2.45, 2.75) is 90.6 Å². The van der Waals surface area contributed by atoms with Gasteiger partial charge in [0.15, 0.2) is 0 Å². The molecule has 1 aliphatic heterocycles. The predicted molar refractivity (Wildman–Crippen MR) is 85.9 cm³/mol. The van der Waals surface area contributed by atoms with Crippen LogP contribution >= 0.6 is 0 Å². The summed E-state index contributed by atoms with van der Waals surface area (Å²) in [4.78, 5) is 14.3. The average molecular weight is 282 g/mol. The maximum Gasteiger partial charge on any atom is 0.239 e. The van der Waals surface area contributed by atoms with Gasteiger partial charge < -0.3 is 10.2 Å². The van der Waals surface area contributed by atoms with Gasteiger partial charge in [-0.05, 0) is 39.5 Å². The number of amides is 1. The van der Waals surface area contributed by atoms with Gasteiger partial charge in [-0.15, -0.1) is 0 Å². The third kappa shape index (κ3) is 6.74.